The van der Waals surface area contributed by atoms with Crippen LogP contribution in [0.2, 0.25) is 0 Å². The van der Waals surface area contributed by atoms with E-state index < -0.39 is 0 Å². The minimum Gasteiger partial charge on any atom is -0.321 e. The average Bonchev–Trinajstić information content (AvgIpc) is 2.81. The molecule has 2 heterocycles. The fraction of sp³-hybridized carbons (Fsp3) is 0. The highest BCUT2D eigenvalue weighted by molar-refractivity contribution is 9.10. The van der Waals surface area contributed by atoms with Gasteiger partial charge in [0.15, 0.2) is 0 Å². The lowest BCUT2D eigenvalue weighted by atomic mass is 9.94. The van der Waals surface area contributed by atoms with Gasteiger partial charge in [-0.15, -0.1) is 4.79 Å². The predicted octanol–water partition coefficient (Wildman–Crippen LogP) is 6.95. The van der Waals surface area contributed by atoms with Crippen molar-refractivity contribution in [2.75, 3.05) is 0 Å². The molecule has 2 aromatic heterocycles. The van der Waals surface area contributed by atoms with E-state index in [2.05, 4.69) is 25.9 Å². The fourth-order valence-corrected chi connectivity index (χ4v) is 4.37. The van der Waals surface area contributed by atoms with Crippen LogP contribution in [-0.2, 0) is 0 Å². The Hall–Kier alpha value is -3.42. The van der Waals surface area contributed by atoms with Crippen molar-refractivity contribution in [2.24, 2.45) is 0 Å². The van der Waals surface area contributed by atoms with E-state index >= 15 is 0 Å². The number of halogens is 2. The molecule has 1 N–H and O–H groups in total. The van der Waals surface area contributed by atoms with Gasteiger partial charge in [-0.25, -0.2) is 4.98 Å². The SMILES string of the molecule is O=c1[nH]c2ccc(Br)cc2c(-c2ccccc2)c1-c1cc(-c2ccccc2)n(F)c(=S)n1. The number of aromatic amines is 1. The van der Waals surface area contributed by atoms with E-state index in [0.29, 0.717) is 32.7 Å². The molecule has 0 radical (unpaired) electrons. The topological polar surface area (TPSA) is 50.7 Å². The van der Waals surface area contributed by atoms with Gasteiger partial charge in [-0.1, -0.05) is 81.1 Å². The molecule has 0 saturated heterocycles. The molecule has 32 heavy (non-hydrogen) atoms. The largest absolute Gasteiger partial charge is 0.321 e. The highest BCUT2D eigenvalue weighted by Crippen LogP contribution is 2.36. The van der Waals surface area contributed by atoms with Crippen LogP contribution < -0.4 is 5.56 Å². The van der Waals surface area contributed by atoms with E-state index in [1.54, 1.807) is 18.2 Å². The third-order valence-corrected chi connectivity index (χ3v) is 5.98. The van der Waals surface area contributed by atoms with Gasteiger partial charge in [-0.3, -0.25) is 4.79 Å². The Morgan fingerprint density at radius 3 is 2.22 bits per heavy atom. The Kier molecular flexibility index (Phi) is 5.28. The molecule has 0 spiro atoms. The van der Waals surface area contributed by atoms with Crippen molar-refractivity contribution >= 4 is 39.1 Å². The summed E-state index contributed by atoms with van der Waals surface area (Å²) in [6.45, 7) is 0. The Labute approximate surface area is 196 Å². The second kappa shape index (κ2) is 8.26. The molecular formula is C25H15BrFN3OS. The molecule has 0 unspecified atom stereocenters. The van der Waals surface area contributed by atoms with Crippen molar-refractivity contribution < 1.29 is 4.48 Å². The molecule has 0 bridgehead atoms. The molecule has 0 atom stereocenters. The standard InChI is InChI=1S/C25H15BrFN3OS/c26-17-11-12-19-18(13-17)22(16-9-5-2-6-10-16)23(24(31)28-19)20-14-21(30(27)25(32)29-20)15-7-3-1-4-8-15/h1-14H,(H,28,31). The number of benzene rings is 3. The Morgan fingerprint density at radius 1 is 0.875 bits per heavy atom. The van der Waals surface area contributed by atoms with Gasteiger partial charge < -0.3 is 4.98 Å². The maximum Gasteiger partial charge on any atom is 0.258 e. The first-order chi connectivity index (χ1) is 15.5. The normalized spacial score (nSPS) is 11.1. The number of fused-ring (bicyclic) bond motifs is 1. The molecule has 5 rings (SSSR count). The minimum atomic E-state index is -0.323. The number of rotatable bonds is 3. The van der Waals surface area contributed by atoms with E-state index in [-0.39, 0.29) is 16.0 Å². The number of H-pyrrole nitrogens is 1. The van der Waals surface area contributed by atoms with Crippen molar-refractivity contribution in [3.8, 4) is 33.6 Å². The summed E-state index contributed by atoms with van der Waals surface area (Å²) in [5.41, 5.74) is 3.44. The van der Waals surface area contributed by atoms with E-state index in [0.717, 1.165) is 15.4 Å². The van der Waals surface area contributed by atoms with Gasteiger partial charge in [-0.05, 0) is 42.0 Å². The van der Waals surface area contributed by atoms with Gasteiger partial charge in [0.2, 0.25) is 4.77 Å². The van der Waals surface area contributed by atoms with Crippen molar-refractivity contribution in [3.63, 3.8) is 0 Å². The fourth-order valence-electron chi connectivity index (χ4n) is 3.82. The Balaban J connectivity index is 1.90. The van der Waals surface area contributed by atoms with Crippen LogP contribution in [-0.4, -0.2) is 14.8 Å². The molecule has 0 saturated carbocycles. The van der Waals surface area contributed by atoms with Gasteiger partial charge >= 0.3 is 0 Å². The number of aromatic nitrogens is 3. The van der Waals surface area contributed by atoms with Crippen LogP contribution in [0.1, 0.15) is 0 Å². The van der Waals surface area contributed by atoms with Crippen LogP contribution in [0.15, 0.2) is 94.2 Å². The molecule has 156 valence electrons. The zero-order chi connectivity index (χ0) is 22.2. The summed E-state index contributed by atoms with van der Waals surface area (Å²) in [6, 6.07) is 25.9. The van der Waals surface area contributed by atoms with E-state index in [1.807, 2.05) is 66.7 Å². The van der Waals surface area contributed by atoms with Crippen LogP contribution >= 0.6 is 28.1 Å². The van der Waals surface area contributed by atoms with Gasteiger partial charge in [-0.2, -0.15) is 0 Å². The summed E-state index contributed by atoms with van der Waals surface area (Å²) in [7, 11) is 0. The zero-order valence-corrected chi connectivity index (χ0v) is 19.0. The van der Waals surface area contributed by atoms with Gasteiger partial charge in [0.1, 0.15) is 0 Å². The molecule has 0 aliphatic carbocycles. The highest BCUT2D eigenvalue weighted by atomic mass is 79.9. The summed E-state index contributed by atoms with van der Waals surface area (Å²) in [5, 5.41) is 0.839. The van der Waals surface area contributed by atoms with Crippen LogP contribution in [0.4, 0.5) is 4.48 Å². The van der Waals surface area contributed by atoms with Crippen molar-refractivity contribution in [3.05, 3.63) is 105 Å². The summed E-state index contributed by atoms with van der Waals surface area (Å²) >= 11 is 8.73. The maximum absolute atomic E-state index is 14.9. The molecular weight excluding hydrogens is 489 g/mol. The molecule has 0 aliphatic rings. The smallest absolute Gasteiger partial charge is 0.258 e. The van der Waals surface area contributed by atoms with Crippen LogP contribution in [0, 0.1) is 4.77 Å². The van der Waals surface area contributed by atoms with Gasteiger partial charge in [0.05, 0.1) is 17.0 Å². The van der Waals surface area contributed by atoms with Gasteiger partial charge in [0.25, 0.3) is 5.56 Å². The van der Waals surface area contributed by atoms with E-state index in [1.165, 1.54) is 0 Å². The lowest BCUT2D eigenvalue weighted by molar-refractivity contribution is 0.360. The molecule has 0 amide bonds. The summed E-state index contributed by atoms with van der Waals surface area (Å²) in [6.07, 6.45) is 0. The number of hydrogen-bond acceptors (Lipinski definition) is 3. The third kappa shape index (κ3) is 3.59. The second-order valence-electron chi connectivity index (χ2n) is 7.22. The maximum atomic E-state index is 14.9. The molecule has 7 heteroatoms. The first-order valence-electron chi connectivity index (χ1n) is 9.80. The van der Waals surface area contributed by atoms with Crippen molar-refractivity contribution in [1.29, 1.82) is 0 Å². The highest BCUT2D eigenvalue weighted by Gasteiger charge is 2.20. The zero-order valence-electron chi connectivity index (χ0n) is 16.5. The van der Waals surface area contributed by atoms with Gasteiger partial charge in [0, 0.05) is 26.5 Å². The number of hydrogen-bond donors (Lipinski definition) is 1. The Bertz CT molecular complexity index is 1580. The number of nitrogens with one attached hydrogen (secondary N) is 1. The number of pyridine rings is 1. The average molecular weight is 504 g/mol. The Morgan fingerprint density at radius 2 is 1.53 bits per heavy atom. The second-order valence-corrected chi connectivity index (χ2v) is 8.50. The quantitative estimate of drug-likeness (QED) is 0.271. The first-order valence-corrected chi connectivity index (χ1v) is 11.0. The molecule has 3 aromatic carbocycles. The monoisotopic (exact) mass is 503 g/mol. The molecule has 4 nitrogen and oxygen atoms in total. The van der Waals surface area contributed by atoms with E-state index in [9.17, 15) is 9.28 Å². The predicted molar refractivity (Wildman–Crippen MR) is 132 cm³/mol. The van der Waals surface area contributed by atoms with Crippen molar-refractivity contribution in [2.45, 2.75) is 0 Å². The summed E-state index contributed by atoms with van der Waals surface area (Å²) in [4.78, 5) is 20.9. The molecule has 0 aliphatic heterocycles. The third-order valence-electron chi connectivity index (χ3n) is 5.23. The lowest BCUT2D eigenvalue weighted by Crippen LogP contribution is -2.13. The van der Waals surface area contributed by atoms with Crippen LogP contribution in [0.25, 0.3) is 44.5 Å². The lowest BCUT2D eigenvalue weighted by Gasteiger charge is -2.14. The van der Waals surface area contributed by atoms with Crippen molar-refractivity contribution in [1.82, 2.24) is 14.8 Å². The summed E-state index contributed by atoms with van der Waals surface area (Å²) < 4.78 is 15.5. The first kappa shape index (κ1) is 20.5. The molecule has 0 fully saturated rings. The minimum absolute atomic E-state index is 0.230. The van der Waals surface area contributed by atoms with Crippen LogP contribution in [0.3, 0.4) is 0 Å². The molecule has 5 aromatic rings. The summed E-state index contributed by atoms with van der Waals surface area (Å²) in [5.74, 6) is 0. The van der Waals surface area contributed by atoms with Crippen LogP contribution in [0.5, 0.6) is 0 Å². The van der Waals surface area contributed by atoms with E-state index in [4.69, 9.17) is 12.2 Å². The number of nitrogens with zero attached hydrogens (tertiary/aromatic N) is 2.